The molecule has 0 aliphatic carbocycles. The molecule has 0 aliphatic rings. The van der Waals surface area contributed by atoms with Crippen molar-refractivity contribution < 1.29 is 14.1 Å². The summed E-state index contributed by atoms with van der Waals surface area (Å²) in [4.78, 5) is 21.2. The van der Waals surface area contributed by atoms with Crippen LogP contribution in [0, 0.1) is 15.9 Å². The Hall–Kier alpha value is -2.18. The number of nitrogens with one attached hydrogen (secondary N) is 1. The minimum absolute atomic E-state index is 0.245. The van der Waals surface area contributed by atoms with E-state index in [2.05, 4.69) is 5.32 Å². The Morgan fingerprint density at radius 1 is 1.62 bits per heavy atom. The van der Waals surface area contributed by atoms with Crippen LogP contribution in [-0.2, 0) is 0 Å². The van der Waals surface area contributed by atoms with E-state index in [1.54, 1.807) is 6.92 Å². The number of nitrogen functional groups attached to an aromatic ring is 1. The van der Waals surface area contributed by atoms with Gasteiger partial charge in [-0.05, 0) is 13.0 Å². The predicted octanol–water partition coefficient (Wildman–Crippen LogP) is 1.07. The summed E-state index contributed by atoms with van der Waals surface area (Å²) in [6.07, 6.45) is 0. The van der Waals surface area contributed by atoms with Crippen molar-refractivity contribution in [2.45, 2.75) is 6.92 Å². The molecule has 0 fully saturated rings. The van der Waals surface area contributed by atoms with E-state index in [4.69, 9.17) is 5.73 Å². The van der Waals surface area contributed by atoms with Gasteiger partial charge in [-0.25, -0.2) is 4.39 Å². The van der Waals surface area contributed by atoms with Crippen LogP contribution in [0.4, 0.5) is 15.8 Å². The number of carbonyl (C=O) groups excluding carboxylic acids is 1. The van der Waals surface area contributed by atoms with Crippen molar-refractivity contribution in [3.63, 3.8) is 0 Å². The molecule has 0 unspecified atom stereocenters. The molecule has 7 heteroatoms. The molecule has 3 N–H and O–H groups in total. The number of nitrogens with zero attached hydrogens (tertiary/aromatic N) is 1. The summed E-state index contributed by atoms with van der Waals surface area (Å²) in [7, 11) is 0. The second-order valence-corrected chi connectivity index (χ2v) is 3.01. The van der Waals surface area contributed by atoms with Gasteiger partial charge in [0.25, 0.3) is 11.6 Å². The van der Waals surface area contributed by atoms with E-state index in [0.717, 1.165) is 6.07 Å². The lowest BCUT2D eigenvalue weighted by Crippen LogP contribution is -2.24. The number of benzene rings is 1. The van der Waals surface area contributed by atoms with E-state index in [1.807, 2.05) is 0 Å². The first-order chi connectivity index (χ1) is 7.47. The molecule has 0 aliphatic heterocycles. The number of anilines is 1. The van der Waals surface area contributed by atoms with Gasteiger partial charge in [-0.2, -0.15) is 0 Å². The Morgan fingerprint density at radius 2 is 2.25 bits per heavy atom. The lowest BCUT2D eigenvalue weighted by atomic mass is 10.1. The largest absolute Gasteiger partial charge is 0.396 e. The van der Waals surface area contributed by atoms with Crippen LogP contribution in [0.1, 0.15) is 17.3 Å². The molecule has 0 heterocycles. The predicted molar refractivity (Wildman–Crippen MR) is 55.5 cm³/mol. The van der Waals surface area contributed by atoms with Crippen molar-refractivity contribution in [3.8, 4) is 0 Å². The van der Waals surface area contributed by atoms with Crippen LogP contribution < -0.4 is 11.1 Å². The minimum Gasteiger partial charge on any atom is -0.396 e. The third-order valence-corrected chi connectivity index (χ3v) is 1.89. The van der Waals surface area contributed by atoms with Crippen LogP contribution in [0.25, 0.3) is 0 Å². The van der Waals surface area contributed by atoms with E-state index in [0.29, 0.717) is 12.6 Å². The molecule has 16 heavy (non-hydrogen) atoms. The van der Waals surface area contributed by atoms with Crippen LogP contribution in [0.2, 0.25) is 0 Å². The van der Waals surface area contributed by atoms with Crippen LogP contribution in [-0.4, -0.2) is 17.4 Å². The Balaban J connectivity index is 3.30. The number of nitrogens with two attached hydrogens (primary N) is 1. The summed E-state index contributed by atoms with van der Waals surface area (Å²) in [6.45, 7) is 1.98. The number of nitro benzene ring substituents is 1. The topological polar surface area (TPSA) is 98.3 Å². The second-order valence-electron chi connectivity index (χ2n) is 3.01. The van der Waals surface area contributed by atoms with E-state index < -0.39 is 22.3 Å². The second kappa shape index (κ2) is 4.56. The monoisotopic (exact) mass is 227 g/mol. The van der Waals surface area contributed by atoms with E-state index in [-0.39, 0.29) is 11.3 Å². The molecule has 1 aromatic carbocycles. The molecule has 0 atom stereocenters. The number of hydrogen-bond donors (Lipinski definition) is 2. The third kappa shape index (κ3) is 2.25. The first-order valence-electron chi connectivity index (χ1n) is 4.49. The summed E-state index contributed by atoms with van der Waals surface area (Å²) in [5, 5.41) is 13.0. The smallest absolute Gasteiger partial charge is 0.285 e. The molecule has 86 valence electrons. The standard InChI is InChI=1S/C9H10FN3O3/c1-2-12-9(14)5-3-7(11)6(10)4-8(5)13(15)16/h3-4H,2,11H2,1H3,(H,12,14). The fraction of sp³-hybridized carbons (Fsp3) is 0.222. The number of halogens is 1. The fourth-order valence-corrected chi connectivity index (χ4v) is 1.17. The molecule has 1 aromatic rings. The zero-order valence-corrected chi connectivity index (χ0v) is 8.49. The highest BCUT2D eigenvalue weighted by atomic mass is 19.1. The first-order valence-corrected chi connectivity index (χ1v) is 4.49. The maximum Gasteiger partial charge on any atom is 0.285 e. The van der Waals surface area contributed by atoms with Crippen molar-refractivity contribution in [1.82, 2.24) is 5.32 Å². The van der Waals surface area contributed by atoms with Gasteiger partial charge in [0, 0.05) is 6.54 Å². The van der Waals surface area contributed by atoms with Gasteiger partial charge < -0.3 is 11.1 Å². The van der Waals surface area contributed by atoms with Crippen LogP contribution in [0.5, 0.6) is 0 Å². The normalized spacial score (nSPS) is 9.88. The average Bonchev–Trinajstić information content (AvgIpc) is 2.21. The van der Waals surface area contributed by atoms with Crippen molar-refractivity contribution in [3.05, 3.63) is 33.6 Å². The molecule has 0 radical (unpaired) electrons. The molecule has 0 saturated heterocycles. The fourth-order valence-electron chi connectivity index (χ4n) is 1.17. The number of amides is 1. The van der Waals surface area contributed by atoms with Crippen molar-refractivity contribution in [2.75, 3.05) is 12.3 Å². The Bertz CT molecular complexity index is 448. The first kappa shape index (κ1) is 11.9. The van der Waals surface area contributed by atoms with Crippen LogP contribution in [0.3, 0.4) is 0 Å². The molecular formula is C9H10FN3O3. The third-order valence-electron chi connectivity index (χ3n) is 1.89. The molecule has 0 saturated carbocycles. The van der Waals surface area contributed by atoms with Gasteiger partial charge in [-0.3, -0.25) is 14.9 Å². The zero-order valence-electron chi connectivity index (χ0n) is 8.49. The van der Waals surface area contributed by atoms with E-state index in [9.17, 15) is 19.3 Å². The lowest BCUT2D eigenvalue weighted by molar-refractivity contribution is -0.385. The average molecular weight is 227 g/mol. The molecule has 1 amide bonds. The van der Waals surface area contributed by atoms with E-state index in [1.165, 1.54) is 0 Å². The van der Waals surface area contributed by atoms with Gasteiger partial charge in [0.2, 0.25) is 0 Å². The van der Waals surface area contributed by atoms with Crippen molar-refractivity contribution in [1.29, 1.82) is 0 Å². The zero-order chi connectivity index (χ0) is 12.3. The highest BCUT2D eigenvalue weighted by molar-refractivity contribution is 5.99. The number of rotatable bonds is 3. The van der Waals surface area contributed by atoms with Crippen molar-refractivity contribution >= 4 is 17.3 Å². The SMILES string of the molecule is CCNC(=O)c1cc(N)c(F)cc1[N+](=O)[O-]. The number of nitro groups is 1. The summed E-state index contributed by atoms with van der Waals surface area (Å²) < 4.78 is 13.0. The highest BCUT2D eigenvalue weighted by Crippen LogP contribution is 2.24. The number of hydrogen-bond acceptors (Lipinski definition) is 4. The van der Waals surface area contributed by atoms with Gasteiger partial charge >= 0.3 is 0 Å². The molecular weight excluding hydrogens is 217 g/mol. The lowest BCUT2D eigenvalue weighted by Gasteiger charge is -2.05. The van der Waals surface area contributed by atoms with Gasteiger partial charge in [-0.15, -0.1) is 0 Å². The molecule has 0 bridgehead atoms. The summed E-state index contributed by atoms with van der Waals surface area (Å²) in [6, 6.07) is 1.60. The maximum absolute atomic E-state index is 13.0. The quantitative estimate of drug-likeness (QED) is 0.458. The molecule has 1 rings (SSSR count). The van der Waals surface area contributed by atoms with Crippen molar-refractivity contribution in [2.24, 2.45) is 0 Å². The molecule has 6 nitrogen and oxygen atoms in total. The molecule has 0 aromatic heterocycles. The van der Waals surface area contributed by atoms with E-state index >= 15 is 0 Å². The maximum atomic E-state index is 13.0. The van der Waals surface area contributed by atoms with Gasteiger partial charge in [0.1, 0.15) is 5.56 Å². The van der Waals surface area contributed by atoms with Gasteiger partial charge in [0.15, 0.2) is 5.82 Å². The van der Waals surface area contributed by atoms with Crippen LogP contribution >= 0.6 is 0 Å². The molecule has 0 spiro atoms. The Labute approximate surface area is 90.4 Å². The Kier molecular flexibility index (Phi) is 3.39. The summed E-state index contributed by atoms with van der Waals surface area (Å²) >= 11 is 0. The summed E-state index contributed by atoms with van der Waals surface area (Å²) in [5.41, 5.74) is 4.10. The highest BCUT2D eigenvalue weighted by Gasteiger charge is 2.22. The number of carbonyl (C=O) groups is 1. The summed E-state index contributed by atoms with van der Waals surface area (Å²) in [5.74, 6) is -1.57. The van der Waals surface area contributed by atoms with Gasteiger partial charge in [0.05, 0.1) is 16.7 Å². The minimum atomic E-state index is -0.917. The van der Waals surface area contributed by atoms with Crippen LogP contribution in [0.15, 0.2) is 12.1 Å². The van der Waals surface area contributed by atoms with Gasteiger partial charge in [-0.1, -0.05) is 0 Å². The Morgan fingerprint density at radius 3 is 2.75 bits per heavy atom.